The molecule has 0 saturated heterocycles. The van der Waals surface area contributed by atoms with Crippen molar-refractivity contribution in [1.82, 2.24) is 4.98 Å². The number of pyridine rings is 1. The molecule has 0 atom stereocenters. The van der Waals surface area contributed by atoms with Gasteiger partial charge in [0.1, 0.15) is 0 Å². The molecule has 1 aromatic heterocycles. The van der Waals surface area contributed by atoms with Gasteiger partial charge in [-0.1, -0.05) is 23.8 Å². The number of aromatic nitrogens is 1. The lowest BCUT2D eigenvalue weighted by molar-refractivity contribution is 0.0727. The van der Waals surface area contributed by atoms with Crippen LogP contribution in [0.5, 0.6) is 5.88 Å². The third-order valence-corrected chi connectivity index (χ3v) is 2.34. The molecule has 0 aliphatic rings. The molecule has 0 fully saturated rings. The highest BCUT2D eigenvalue weighted by atomic mass is 16.5. The van der Waals surface area contributed by atoms with Crippen LogP contribution in [-0.2, 0) is 0 Å². The Bertz CT molecular complexity index is 532. The average Bonchev–Trinajstić information content (AvgIpc) is 2.32. The molecule has 3 heteroatoms. The normalized spacial score (nSPS) is 10.0. The van der Waals surface area contributed by atoms with Gasteiger partial charge in [0, 0.05) is 12.3 Å². The van der Waals surface area contributed by atoms with Gasteiger partial charge < -0.3 is 4.74 Å². The first-order chi connectivity index (χ1) is 8.15. The Morgan fingerprint density at radius 1 is 1.12 bits per heavy atom. The van der Waals surface area contributed by atoms with E-state index in [1.807, 2.05) is 32.0 Å². The van der Waals surface area contributed by atoms with Gasteiger partial charge in [0.25, 0.3) is 0 Å². The second-order valence-electron chi connectivity index (χ2n) is 3.93. The number of carbonyl (C=O) groups excluding carboxylic acids is 1. The van der Waals surface area contributed by atoms with E-state index in [9.17, 15) is 4.79 Å². The fourth-order valence-corrected chi connectivity index (χ4v) is 1.44. The minimum atomic E-state index is -0.384. The summed E-state index contributed by atoms with van der Waals surface area (Å²) in [6.45, 7) is 3.86. The fourth-order valence-electron chi connectivity index (χ4n) is 1.44. The number of aryl methyl sites for hydroxylation is 2. The lowest BCUT2D eigenvalue weighted by Crippen LogP contribution is -2.09. The van der Waals surface area contributed by atoms with Gasteiger partial charge in [0.15, 0.2) is 0 Å². The Morgan fingerprint density at radius 3 is 2.59 bits per heavy atom. The summed E-state index contributed by atoms with van der Waals surface area (Å²) in [5.41, 5.74) is 2.59. The van der Waals surface area contributed by atoms with Gasteiger partial charge in [-0.3, -0.25) is 0 Å². The van der Waals surface area contributed by atoms with E-state index in [-0.39, 0.29) is 5.97 Å². The molecule has 1 heterocycles. The van der Waals surface area contributed by atoms with E-state index < -0.39 is 0 Å². The predicted molar refractivity (Wildman–Crippen MR) is 65.1 cm³/mol. The first-order valence-electron chi connectivity index (χ1n) is 5.36. The van der Waals surface area contributed by atoms with Gasteiger partial charge in [-0.15, -0.1) is 0 Å². The van der Waals surface area contributed by atoms with Crippen LogP contribution >= 0.6 is 0 Å². The number of benzene rings is 1. The number of esters is 1. The molecular weight excluding hydrogens is 214 g/mol. The van der Waals surface area contributed by atoms with E-state index in [2.05, 4.69) is 4.98 Å². The molecule has 0 bridgehead atoms. The standard InChI is InChI=1S/C14H13NO2/c1-10-4-3-5-12(8-10)14(16)17-13-7-6-11(2)9-15-13/h3-9H,1-2H3. The molecule has 2 rings (SSSR count). The summed E-state index contributed by atoms with van der Waals surface area (Å²) in [7, 11) is 0. The summed E-state index contributed by atoms with van der Waals surface area (Å²) in [6.07, 6.45) is 1.67. The number of ether oxygens (including phenoxy) is 1. The minimum Gasteiger partial charge on any atom is -0.404 e. The van der Waals surface area contributed by atoms with E-state index in [1.165, 1.54) is 0 Å². The lowest BCUT2D eigenvalue weighted by atomic mass is 10.1. The summed E-state index contributed by atoms with van der Waals surface area (Å²) in [5, 5.41) is 0. The Hall–Kier alpha value is -2.16. The zero-order chi connectivity index (χ0) is 12.3. The summed E-state index contributed by atoms with van der Waals surface area (Å²) >= 11 is 0. The number of hydrogen-bond acceptors (Lipinski definition) is 3. The SMILES string of the molecule is Cc1ccc(OC(=O)c2cccc(C)c2)nc1. The Labute approximate surface area is 100 Å². The molecule has 0 aliphatic heterocycles. The van der Waals surface area contributed by atoms with Crippen molar-refractivity contribution in [1.29, 1.82) is 0 Å². The van der Waals surface area contributed by atoms with Gasteiger partial charge in [0.05, 0.1) is 5.56 Å². The first kappa shape index (κ1) is 11.3. The fraction of sp³-hybridized carbons (Fsp3) is 0.143. The smallest absolute Gasteiger partial charge is 0.344 e. The maximum absolute atomic E-state index is 11.8. The van der Waals surface area contributed by atoms with Crippen LogP contribution in [0.25, 0.3) is 0 Å². The van der Waals surface area contributed by atoms with E-state index in [0.717, 1.165) is 11.1 Å². The second-order valence-corrected chi connectivity index (χ2v) is 3.93. The van der Waals surface area contributed by atoms with Crippen LogP contribution in [0.2, 0.25) is 0 Å². The quantitative estimate of drug-likeness (QED) is 0.740. The van der Waals surface area contributed by atoms with Gasteiger partial charge in [-0.2, -0.15) is 0 Å². The number of nitrogens with zero attached hydrogens (tertiary/aromatic N) is 1. The monoisotopic (exact) mass is 227 g/mol. The highest BCUT2D eigenvalue weighted by Crippen LogP contribution is 2.11. The van der Waals surface area contributed by atoms with Crippen molar-refractivity contribution in [2.45, 2.75) is 13.8 Å². The molecule has 2 aromatic rings. The highest BCUT2D eigenvalue weighted by Gasteiger charge is 2.08. The largest absolute Gasteiger partial charge is 0.404 e. The summed E-state index contributed by atoms with van der Waals surface area (Å²) < 4.78 is 5.16. The Morgan fingerprint density at radius 2 is 1.94 bits per heavy atom. The third-order valence-electron chi connectivity index (χ3n) is 2.34. The van der Waals surface area contributed by atoms with E-state index in [4.69, 9.17) is 4.74 Å². The zero-order valence-electron chi connectivity index (χ0n) is 9.81. The number of carbonyl (C=O) groups is 1. The topological polar surface area (TPSA) is 39.2 Å². The molecule has 0 spiro atoms. The number of rotatable bonds is 2. The van der Waals surface area contributed by atoms with Crippen molar-refractivity contribution < 1.29 is 9.53 Å². The van der Waals surface area contributed by atoms with Crippen LogP contribution in [0.15, 0.2) is 42.6 Å². The molecule has 0 saturated carbocycles. The molecule has 3 nitrogen and oxygen atoms in total. The number of hydrogen-bond donors (Lipinski definition) is 0. The molecule has 0 aliphatic carbocycles. The van der Waals surface area contributed by atoms with Gasteiger partial charge in [0.2, 0.25) is 5.88 Å². The van der Waals surface area contributed by atoms with Crippen LogP contribution in [0.1, 0.15) is 21.5 Å². The summed E-state index contributed by atoms with van der Waals surface area (Å²) in [5.74, 6) is -0.0628. The molecule has 1 aromatic carbocycles. The van der Waals surface area contributed by atoms with E-state index in [1.54, 1.807) is 24.4 Å². The summed E-state index contributed by atoms with van der Waals surface area (Å²) in [6, 6.07) is 10.8. The lowest BCUT2D eigenvalue weighted by Gasteiger charge is -2.04. The maximum atomic E-state index is 11.8. The summed E-state index contributed by atoms with van der Waals surface area (Å²) in [4.78, 5) is 15.8. The van der Waals surface area contributed by atoms with Crippen molar-refractivity contribution in [2.24, 2.45) is 0 Å². The van der Waals surface area contributed by atoms with Crippen LogP contribution in [-0.4, -0.2) is 11.0 Å². The van der Waals surface area contributed by atoms with E-state index in [0.29, 0.717) is 11.4 Å². The molecular formula is C14H13NO2. The average molecular weight is 227 g/mol. The minimum absolute atomic E-state index is 0.321. The molecule has 0 unspecified atom stereocenters. The zero-order valence-corrected chi connectivity index (χ0v) is 9.81. The second kappa shape index (κ2) is 4.78. The molecule has 0 radical (unpaired) electrons. The van der Waals surface area contributed by atoms with Crippen LogP contribution < -0.4 is 4.74 Å². The maximum Gasteiger partial charge on any atom is 0.344 e. The Balaban J connectivity index is 2.14. The van der Waals surface area contributed by atoms with Gasteiger partial charge >= 0.3 is 5.97 Å². The van der Waals surface area contributed by atoms with Gasteiger partial charge in [-0.25, -0.2) is 9.78 Å². The molecule has 17 heavy (non-hydrogen) atoms. The first-order valence-corrected chi connectivity index (χ1v) is 5.36. The van der Waals surface area contributed by atoms with Gasteiger partial charge in [-0.05, 0) is 31.5 Å². The van der Waals surface area contributed by atoms with E-state index >= 15 is 0 Å². The molecule has 0 N–H and O–H groups in total. The van der Waals surface area contributed by atoms with Crippen molar-refractivity contribution in [3.8, 4) is 5.88 Å². The van der Waals surface area contributed by atoms with Crippen molar-refractivity contribution >= 4 is 5.97 Å². The van der Waals surface area contributed by atoms with Crippen LogP contribution in [0.3, 0.4) is 0 Å². The van der Waals surface area contributed by atoms with Crippen molar-refractivity contribution in [3.05, 3.63) is 59.3 Å². The Kier molecular flexibility index (Phi) is 3.19. The third kappa shape index (κ3) is 2.91. The molecule has 0 amide bonds. The van der Waals surface area contributed by atoms with Crippen LogP contribution in [0.4, 0.5) is 0 Å². The van der Waals surface area contributed by atoms with Crippen molar-refractivity contribution in [2.75, 3.05) is 0 Å². The molecule has 86 valence electrons. The highest BCUT2D eigenvalue weighted by molar-refractivity contribution is 5.91. The van der Waals surface area contributed by atoms with Crippen LogP contribution in [0, 0.1) is 13.8 Å². The van der Waals surface area contributed by atoms with Crippen molar-refractivity contribution in [3.63, 3.8) is 0 Å². The predicted octanol–water partition coefficient (Wildman–Crippen LogP) is 2.92.